The lowest BCUT2D eigenvalue weighted by Gasteiger charge is -2.03. The highest BCUT2D eigenvalue weighted by Crippen LogP contribution is 2.09. The summed E-state index contributed by atoms with van der Waals surface area (Å²) in [5.74, 6) is -0.437. The van der Waals surface area contributed by atoms with Crippen molar-refractivity contribution in [2.24, 2.45) is 5.10 Å². The van der Waals surface area contributed by atoms with Crippen LogP contribution in [0.2, 0.25) is 0 Å². The molecule has 0 fully saturated rings. The molecule has 2 rings (SSSR count). The third-order valence-electron chi connectivity index (χ3n) is 3.05. The van der Waals surface area contributed by atoms with Gasteiger partial charge < -0.3 is 4.74 Å². The van der Waals surface area contributed by atoms with Crippen LogP contribution in [0.1, 0.15) is 21.5 Å². The van der Waals surface area contributed by atoms with Crippen molar-refractivity contribution in [2.45, 2.75) is 11.8 Å². The largest absolute Gasteiger partial charge is 0.465 e. The second kappa shape index (κ2) is 7.06. The number of carbonyl (C=O) groups excluding carboxylic acids is 1. The smallest absolute Gasteiger partial charge is 0.337 e. The van der Waals surface area contributed by atoms with Crippen molar-refractivity contribution in [1.29, 1.82) is 0 Å². The van der Waals surface area contributed by atoms with Crippen LogP contribution in [0.3, 0.4) is 0 Å². The molecule has 0 aliphatic heterocycles. The van der Waals surface area contributed by atoms with E-state index in [0.29, 0.717) is 11.1 Å². The van der Waals surface area contributed by atoms with Crippen LogP contribution >= 0.6 is 0 Å². The third kappa shape index (κ3) is 4.40. The summed E-state index contributed by atoms with van der Waals surface area (Å²) < 4.78 is 28.7. The summed E-state index contributed by atoms with van der Waals surface area (Å²) in [5.41, 5.74) is 2.02. The van der Waals surface area contributed by atoms with Crippen LogP contribution < -0.4 is 4.83 Å². The lowest BCUT2D eigenvalue weighted by atomic mass is 10.1. The first-order chi connectivity index (χ1) is 10.9. The van der Waals surface area contributed by atoms with Gasteiger partial charge in [-0.2, -0.15) is 13.5 Å². The van der Waals surface area contributed by atoms with E-state index in [2.05, 4.69) is 14.7 Å². The Bertz CT molecular complexity index is 810. The lowest BCUT2D eigenvalue weighted by Crippen LogP contribution is -2.18. The first-order valence-corrected chi connectivity index (χ1v) is 8.20. The first kappa shape index (κ1) is 16.7. The van der Waals surface area contributed by atoms with E-state index < -0.39 is 16.0 Å². The highest BCUT2D eigenvalue weighted by Gasteiger charge is 2.11. The number of methoxy groups -OCH3 is 1. The van der Waals surface area contributed by atoms with Gasteiger partial charge in [0.25, 0.3) is 10.0 Å². The van der Waals surface area contributed by atoms with Crippen molar-refractivity contribution < 1.29 is 17.9 Å². The Morgan fingerprint density at radius 3 is 2.26 bits per heavy atom. The third-order valence-corrected chi connectivity index (χ3v) is 4.29. The molecular formula is C16H16N2O4S. The average molecular weight is 332 g/mol. The number of carbonyl (C=O) groups is 1. The summed E-state index contributed by atoms with van der Waals surface area (Å²) >= 11 is 0. The lowest BCUT2D eigenvalue weighted by molar-refractivity contribution is 0.0600. The number of nitrogens with one attached hydrogen (secondary N) is 1. The van der Waals surface area contributed by atoms with Gasteiger partial charge in [-0.05, 0) is 36.8 Å². The fourth-order valence-electron chi connectivity index (χ4n) is 1.76. The Hall–Kier alpha value is -2.67. The van der Waals surface area contributed by atoms with E-state index in [4.69, 9.17) is 0 Å². The minimum atomic E-state index is -3.69. The Morgan fingerprint density at radius 2 is 1.70 bits per heavy atom. The molecule has 2 aromatic carbocycles. The number of hydrogen-bond acceptors (Lipinski definition) is 5. The number of rotatable bonds is 5. The Morgan fingerprint density at radius 1 is 1.09 bits per heavy atom. The van der Waals surface area contributed by atoms with E-state index in [1.165, 1.54) is 25.5 Å². The summed E-state index contributed by atoms with van der Waals surface area (Å²) in [6.45, 7) is 1.87. The zero-order valence-corrected chi connectivity index (χ0v) is 13.5. The van der Waals surface area contributed by atoms with Gasteiger partial charge in [0.05, 0.1) is 23.8 Å². The fourth-order valence-corrected chi connectivity index (χ4v) is 2.55. The van der Waals surface area contributed by atoms with Crippen molar-refractivity contribution in [3.63, 3.8) is 0 Å². The highest BCUT2D eigenvalue weighted by atomic mass is 32.2. The van der Waals surface area contributed by atoms with Gasteiger partial charge in [0.2, 0.25) is 0 Å². The molecule has 1 N–H and O–H groups in total. The Labute approximate surface area is 134 Å². The maximum Gasteiger partial charge on any atom is 0.337 e. The molecule has 0 aromatic heterocycles. The minimum Gasteiger partial charge on any atom is -0.465 e. The van der Waals surface area contributed by atoms with Gasteiger partial charge in [0.15, 0.2) is 0 Å². The second-order valence-corrected chi connectivity index (χ2v) is 6.44. The molecule has 0 unspecified atom stereocenters. The summed E-state index contributed by atoms with van der Waals surface area (Å²) in [6.07, 6.45) is 1.35. The van der Waals surface area contributed by atoms with Crippen LogP contribution in [-0.4, -0.2) is 27.7 Å². The van der Waals surface area contributed by atoms with E-state index in [9.17, 15) is 13.2 Å². The van der Waals surface area contributed by atoms with Gasteiger partial charge in [-0.15, -0.1) is 0 Å². The van der Waals surface area contributed by atoms with Crippen molar-refractivity contribution >= 4 is 22.2 Å². The number of hydrogen-bond donors (Lipinski definition) is 1. The molecule has 0 amide bonds. The Kier molecular flexibility index (Phi) is 5.13. The molecule has 2 aromatic rings. The minimum absolute atomic E-state index is 0.140. The van der Waals surface area contributed by atoms with Crippen molar-refractivity contribution in [2.75, 3.05) is 7.11 Å². The summed E-state index contributed by atoms with van der Waals surface area (Å²) in [6, 6.07) is 12.9. The zero-order valence-electron chi connectivity index (χ0n) is 12.7. The van der Waals surface area contributed by atoms with E-state index in [-0.39, 0.29) is 4.90 Å². The predicted octanol–water partition coefficient (Wildman–Crippen LogP) is 2.09. The SMILES string of the molecule is COC(=O)c1ccc(/C=N\NS(=O)(=O)c2ccc(C)cc2)cc1. The summed E-state index contributed by atoms with van der Waals surface area (Å²) in [7, 11) is -2.39. The molecule has 0 bridgehead atoms. The van der Waals surface area contributed by atoms with Gasteiger partial charge in [0.1, 0.15) is 0 Å². The van der Waals surface area contributed by atoms with Crippen molar-refractivity contribution in [1.82, 2.24) is 4.83 Å². The van der Waals surface area contributed by atoms with Crippen LogP contribution in [-0.2, 0) is 14.8 Å². The summed E-state index contributed by atoms with van der Waals surface area (Å²) in [4.78, 5) is 13.6. The Balaban J connectivity index is 2.06. The molecule has 0 aliphatic carbocycles. The number of sulfonamides is 1. The van der Waals surface area contributed by atoms with Crippen LogP contribution in [0.15, 0.2) is 58.5 Å². The number of esters is 1. The molecule has 0 atom stereocenters. The van der Waals surface area contributed by atoms with E-state index in [1.54, 1.807) is 36.4 Å². The van der Waals surface area contributed by atoms with Gasteiger partial charge in [0, 0.05) is 0 Å². The van der Waals surface area contributed by atoms with E-state index >= 15 is 0 Å². The second-order valence-electron chi connectivity index (χ2n) is 4.78. The predicted molar refractivity (Wildman–Crippen MR) is 86.9 cm³/mol. The number of ether oxygens (including phenoxy) is 1. The monoisotopic (exact) mass is 332 g/mol. The van der Waals surface area contributed by atoms with Gasteiger partial charge in [-0.1, -0.05) is 29.8 Å². The molecule has 0 heterocycles. The zero-order chi connectivity index (χ0) is 16.9. The van der Waals surface area contributed by atoms with Crippen LogP contribution in [0.5, 0.6) is 0 Å². The maximum absolute atomic E-state index is 12.0. The van der Waals surface area contributed by atoms with Crippen molar-refractivity contribution in [3.05, 3.63) is 65.2 Å². The van der Waals surface area contributed by atoms with Gasteiger partial charge >= 0.3 is 5.97 Å². The molecule has 0 radical (unpaired) electrons. The molecule has 23 heavy (non-hydrogen) atoms. The molecule has 7 heteroatoms. The summed E-state index contributed by atoms with van der Waals surface area (Å²) in [5, 5.41) is 3.73. The first-order valence-electron chi connectivity index (χ1n) is 6.72. The van der Waals surface area contributed by atoms with Crippen molar-refractivity contribution in [3.8, 4) is 0 Å². The molecule has 6 nitrogen and oxygen atoms in total. The standard InChI is InChI=1S/C16H16N2O4S/c1-12-3-9-15(10-4-12)23(20,21)18-17-11-13-5-7-14(8-6-13)16(19)22-2/h3-11,18H,1-2H3/b17-11-. The quantitative estimate of drug-likeness (QED) is 0.516. The van der Waals surface area contributed by atoms with Crippen LogP contribution in [0.25, 0.3) is 0 Å². The van der Waals surface area contributed by atoms with Crippen LogP contribution in [0, 0.1) is 6.92 Å². The molecule has 0 aliphatic rings. The molecule has 0 saturated heterocycles. The highest BCUT2D eigenvalue weighted by molar-refractivity contribution is 7.89. The normalized spacial score (nSPS) is 11.4. The van der Waals surface area contributed by atoms with Gasteiger partial charge in [-0.25, -0.2) is 9.63 Å². The maximum atomic E-state index is 12.0. The topological polar surface area (TPSA) is 84.8 Å². The molecule has 0 saturated carbocycles. The molecular weight excluding hydrogens is 316 g/mol. The number of benzene rings is 2. The number of nitrogens with zero attached hydrogens (tertiary/aromatic N) is 1. The molecule has 0 spiro atoms. The molecule has 120 valence electrons. The fraction of sp³-hybridized carbons (Fsp3) is 0.125. The van der Waals surface area contributed by atoms with E-state index in [1.807, 2.05) is 6.92 Å². The van der Waals surface area contributed by atoms with Gasteiger partial charge in [-0.3, -0.25) is 0 Å². The van der Waals surface area contributed by atoms with E-state index in [0.717, 1.165) is 5.56 Å². The average Bonchev–Trinajstić information content (AvgIpc) is 2.55. The van der Waals surface area contributed by atoms with Crippen LogP contribution in [0.4, 0.5) is 0 Å². The number of hydrazone groups is 1. The number of aryl methyl sites for hydroxylation is 1.